The average Bonchev–Trinajstić information content (AvgIpc) is 2.76. The molecule has 2 rings (SSSR count). The molecule has 0 aliphatic carbocycles. The zero-order valence-electron chi connectivity index (χ0n) is 9.56. The third-order valence-corrected chi connectivity index (χ3v) is 3.74. The van der Waals surface area contributed by atoms with E-state index in [1.165, 1.54) is 0 Å². The molecular formula is C12H16NO3S-. The Hall–Kier alpha value is -0.750. The minimum atomic E-state index is -2.07. The van der Waals surface area contributed by atoms with Gasteiger partial charge in [-0.1, -0.05) is 41.4 Å². The lowest BCUT2D eigenvalue weighted by molar-refractivity contribution is -0.0254. The van der Waals surface area contributed by atoms with Gasteiger partial charge in [0.05, 0.1) is 12.2 Å². The monoisotopic (exact) mass is 254 g/mol. The minimum absolute atomic E-state index is 0.0623. The third kappa shape index (κ3) is 3.61. The Labute approximate surface area is 104 Å². The lowest BCUT2D eigenvalue weighted by atomic mass is 10.1. The Morgan fingerprint density at radius 3 is 2.76 bits per heavy atom. The molecule has 1 aromatic rings. The highest BCUT2D eigenvalue weighted by molar-refractivity contribution is 7.79. The lowest BCUT2D eigenvalue weighted by Gasteiger charge is -2.29. The second-order valence-corrected chi connectivity index (χ2v) is 5.23. The van der Waals surface area contributed by atoms with Crippen molar-refractivity contribution in [3.63, 3.8) is 0 Å². The summed E-state index contributed by atoms with van der Waals surface area (Å²) in [4.78, 5) is 0. The standard InChI is InChI=1S/C12H17NO3S/c14-17(15)10-12(6-7-13-9-12)16-8-11-4-2-1-3-5-11/h1-5,13H,6-10H2,(H,14,15)/p-1. The van der Waals surface area contributed by atoms with E-state index in [0.717, 1.165) is 18.5 Å². The van der Waals surface area contributed by atoms with E-state index < -0.39 is 16.7 Å². The molecule has 1 N–H and O–H groups in total. The molecule has 1 aromatic carbocycles. The average molecular weight is 254 g/mol. The molecule has 94 valence electrons. The van der Waals surface area contributed by atoms with Gasteiger partial charge in [0.1, 0.15) is 0 Å². The molecule has 1 heterocycles. The van der Waals surface area contributed by atoms with E-state index >= 15 is 0 Å². The lowest BCUT2D eigenvalue weighted by Crippen LogP contribution is -2.40. The Morgan fingerprint density at radius 1 is 1.41 bits per heavy atom. The molecule has 0 saturated carbocycles. The first-order valence-corrected chi connectivity index (χ1v) is 6.89. The summed E-state index contributed by atoms with van der Waals surface area (Å²) in [7, 11) is 0. The first kappa shape index (κ1) is 12.7. The predicted octanol–water partition coefficient (Wildman–Crippen LogP) is 0.814. The van der Waals surface area contributed by atoms with Crippen LogP contribution in [0.4, 0.5) is 0 Å². The van der Waals surface area contributed by atoms with Crippen LogP contribution in [0.15, 0.2) is 30.3 Å². The van der Waals surface area contributed by atoms with Gasteiger partial charge < -0.3 is 14.6 Å². The maximum atomic E-state index is 10.9. The Kier molecular flexibility index (Phi) is 4.28. The zero-order chi connectivity index (χ0) is 12.1. The molecule has 2 atom stereocenters. The van der Waals surface area contributed by atoms with Crippen molar-refractivity contribution in [3.05, 3.63) is 35.9 Å². The van der Waals surface area contributed by atoms with Crippen molar-refractivity contribution < 1.29 is 13.5 Å². The largest absolute Gasteiger partial charge is 0.772 e. The molecule has 1 aliphatic heterocycles. The summed E-state index contributed by atoms with van der Waals surface area (Å²) < 4.78 is 27.6. The van der Waals surface area contributed by atoms with Crippen molar-refractivity contribution in [1.82, 2.24) is 5.32 Å². The Morgan fingerprint density at radius 2 is 2.18 bits per heavy atom. The number of nitrogens with one attached hydrogen (secondary N) is 1. The summed E-state index contributed by atoms with van der Waals surface area (Å²) in [5.41, 5.74) is 0.512. The highest BCUT2D eigenvalue weighted by Gasteiger charge is 2.34. The van der Waals surface area contributed by atoms with Crippen molar-refractivity contribution in [2.24, 2.45) is 0 Å². The molecule has 0 radical (unpaired) electrons. The van der Waals surface area contributed by atoms with Gasteiger partial charge >= 0.3 is 0 Å². The number of hydrogen-bond acceptors (Lipinski definition) is 4. The van der Waals surface area contributed by atoms with Crippen LogP contribution in [0.2, 0.25) is 0 Å². The van der Waals surface area contributed by atoms with Crippen LogP contribution < -0.4 is 5.32 Å². The van der Waals surface area contributed by atoms with Crippen LogP contribution in [0.5, 0.6) is 0 Å². The van der Waals surface area contributed by atoms with Gasteiger partial charge in [-0.05, 0) is 18.5 Å². The second-order valence-electron chi connectivity index (χ2n) is 4.33. The Bertz CT molecular complexity index is 377. The van der Waals surface area contributed by atoms with Gasteiger partial charge in [0.15, 0.2) is 0 Å². The van der Waals surface area contributed by atoms with Crippen LogP contribution in [-0.2, 0) is 22.4 Å². The summed E-state index contributed by atoms with van der Waals surface area (Å²) in [6.07, 6.45) is 0.744. The molecule has 1 aliphatic rings. The number of ether oxygens (including phenoxy) is 1. The molecule has 0 amide bonds. The summed E-state index contributed by atoms with van der Waals surface area (Å²) in [5.74, 6) is 0.0623. The summed E-state index contributed by atoms with van der Waals surface area (Å²) in [5, 5.41) is 3.16. The SMILES string of the molecule is O=S([O-])CC1(OCc2ccccc2)CCNC1. The van der Waals surface area contributed by atoms with Crippen molar-refractivity contribution >= 4 is 11.1 Å². The van der Waals surface area contributed by atoms with E-state index in [9.17, 15) is 8.76 Å². The predicted molar refractivity (Wildman–Crippen MR) is 65.2 cm³/mol. The molecule has 4 nitrogen and oxygen atoms in total. The molecule has 17 heavy (non-hydrogen) atoms. The quantitative estimate of drug-likeness (QED) is 0.790. The first-order valence-electron chi connectivity index (χ1n) is 5.65. The summed E-state index contributed by atoms with van der Waals surface area (Å²) in [6, 6.07) is 9.80. The zero-order valence-corrected chi connectivity index (χ0v) is 10.4. The van der Waals surface area contributed by atoms with Crippen molar-refractivity contribution in [2.45, 2.75) is 18.6 Å². The molecule has 0 aromatic heterocycles. The fourth-order valence-corrected chi connectivity index (χ4v) is 2.79. The normalized spacial score (nSPS) is 25.9. The van der Waals surface area contributed by atoms with E-state index in [4.69, 9.17) is 4.74 Å². The van der Waals surface area contributed by atoms with E-state index in [1.807, 2.05) is 30.3 Å². The minimum Gasteiger partial charge on any atom is -0.772 e. The van der Waals surface area contributed by atoms with Gasteiger partial charge in [0.25, 0.3) is 0 Å². The first-order chi connectivity index (χ1) is 8.20. The second kappa shape index (κ2) is 5.73. The highest BCUT2D eigenvalue weighted by Crippen LogP contribution is 2.22. The molecule has 2 unspecified atom stereocenters. The van der Waals surface area contributed by atoms with E-state index in [-0.39, 0.29) is 5.75 Å². The van der Waals surface area contributed by atoms with Gasteiger partial charge in [-0.2, -0.15) is 0 Å². The molecule has 5 heteroatoms. The maximum Gasteiger partial charge on any atom is 0.0926 e. The van der Waals surface area contributed by atoms with Gasteiger partial charge in [-0.3, -0.25) is 4.21 Å². The van der Waals surface area contributed by atoms with Gasteiger partial charge in [0, 0.05) is 12.3 Å². The number of hydrogen-bond donors (Lipinski definition) is 1. The summed E-state index contributed by atoms with van der Waals surface area (Å²) >= 11 is -2.07. The smallest absolute Gasteiger partial charge is 0.0926 e. The fraction of sp³-hybridized carbons (Fsp3) is 0.500. The van der Waals surface area contributed by atoms with Crippen molar-refractivity contribution in [1.29, 1.82) is 0 Å². The topological polar surface area (TPSA) is 61.4 Å². The number of rotatable bonds is 5. The van der Waals surface area contributed by atoms with Crippen LogP contribution in [0.1, 0.15) is 12.0 Å². The van der Waals surface area contributed by atoms with Crippen molar-refractivity contribution in [3.8, 4) is 0 Å². The molecule has 1 fully saturated rings. The highest BCUT2D eigenvalue weighted by atomic mass is 32.2. The van der Waals surface area contributed by atoms with Crippen LogP contribution in [0.25, 0.3) is 0 Å². The molecule has 0 spiro atoms. The van der Waals surface area contributed by atoms with Crippen LogP contribution in [0, 0.1) is 0 Å². The molecular weight excluding hydrogens is 238 g/mol. The molecule has 1 saturated heterocycles. The fourth-order valence-electron chi connectivity index (χ4n) is 2.03. The van der Waals surface area contributed by atoms with Gasteiger partial charge in [0.2, 0.25) is 0 Å². The van der Waals surface area contributed by atoms with Gasteiger partial charge in [-0.25, -0.2) is 0 Å². The van der Waals surface area contributed by atoms with Crippen LogP contribution in [-0.4, -0.2) is 33.2 Å². The van der Waals surface area contributed by atoms with Crippen molar-refractivity contribution in [2.75, 3.05) is 18.8 Å². The maximum absolute atomic E-state index is 10.9. The van der Waals surface area contributed by atoms with Crippen LogP contribution in [0.3, 0.4) is 0 Å². The van der Waals surface area contributed by atoms with E-state index in [2.05, 4.69) is 5.32 Å². The van der Waals surface area contributed by atoms with E-state index in [0.29, 0.717) is 13.2 Å². The summed E-state index contributed by atoms with van der Waals surface area (Å²) in [6.45, 7) is 1.87. The van der Waals surface area contributed by atoms with Crippen LogP contribution >= 0.6 is 0 Å². The van der Waals surface area contributed by atoms with E-state index in [1.54, 1.807) is 0 Å². The number of benzene rings is 1. The molecule has 0 bridgehead atoms. The van der Waals surface area contributed by atoms with Gasteiger partial charge in [-0.15, -0.1) is 0 Å². The third-order valence-electron chi connectivity index (χ3n) is 2.97. The Balaban J connectivity index is 1.96.